The van der Waals surface area contributed by atoms with Gasteiger partial charge in [0, 0.05) is 16.9 Å². The molecule has 24 heavy (non-hydrogen) atoms. The monoisotopic (exact) mass is 329 g/mol. The van der Waals surface area contributed by atoms with Crippen LogP contribution in [0.3, 0.4) is 0 Å². The van der Waals surface area contributed by atoms with Crippen LogP contribution in [0.2, 0.25) is 5.02 Å². The van der Waals surface area contributed by atoms with Gasteiger partial charge in [-0.2, -0.15) is 5.26 Å². The summed E-state index contributed by atoms with van der Waals surface area (Å²) in [7, 11) is 0. The van der Waals surface area contributed by atoms with Crippen molar-refractivity contribution in [1.29, 1.82) is 5.26 Å². The minimum absolute atomic E-state index is 0.143. The molecule has 1 fully saturated rings. The zero-order valence-corrected chi connectivity index (χ0v) is 13.8. The van der Waals surface area contributed by atoms with E-state index in [1.807, 2.05) is 60.7 Å². The van der Waals surface area contributed by atoms with Crippen LogP contribution in [0.1, 0.15) is 28.5 Å². The molecule has 3 atom stereocenters. The predicted molar refractivity (Wildman–Crippen MR) is 97.1 cm³/mol. The van der Waals surface area contributed by atoms with Gasteiger partial charge in [-0.15, -0.1) is 0 Å². The van der Waals surface area contributed by atoms with Crippen LogP contribution in [-0.4, -0.2) is 0 Å². The maximum absolute atomic E-state index is 10.2. The Morgan fingerprint density at radius 1 is 0.708 bits per heavy atom. The van der Waals surface area contributed by atoms with Crippen LogP contribution in [0.4, 0.5) is 0 Å². The van der Waals surface area contributed by atoms with Crippen molar-refractivity contribution in [3.05, 3.63) is 107 Å². The zero-order valence-electron chi connectivity index (χ0n) is 13.1. The van der Waals surface area contributed by atoms with E-state index in [4.69, 9.17) is 11.6 Å². The van der Waals surface area contributed by atoms with Gasteiger partial charge in [0.1, 0.15) is 0 Å². The standard InChI is InChI=1S/C22H16ClN/c23-19-13-11-17(12-14-19)21-20(16-7-3-1-4-8-16)22(21,15-24)18-9-5-2-6-10-18/h1-14,20-21H/t20-,21+,22+/m0/s1. The van der Waals surface area contributed by atoms with E-state index in [-0.39, 0.29) is 11.8 Å². The van der Waals surface area contributed by atoms with Gasteiger partial charge in [0.25, 0.3) is 0 Å². The van der Waals surface area contributed by atoms with Crippen molar-refractivity contribution in [2.24, 2.45) is 0 Å². The molecular weight excluding hydrogens is 314 g/mol. The van der Waals surface area contributed by atoms with Crippen molar-refractivity contribution in [1.82, 2.24) is 0 Å². The third-order valence-electron chi connectivity index (χ3n) is 5.03. The smallest absolute Gasteiger partial charge is 0.0971 e. The van der Waals surface area contributed by atoms with Crippen LogP contribution in [0.25, 0.3) is 0 Å². The van der Waals surface area contributed by atoms with Crippen LogP contribution in [0, 0.1) is 11.3 Å². The third-order valence-corrected chi connectivity index (χ3v) is 5.28. The number of nitrogens with zero attached hydrogens (tertiary/aromatic N) is 1. The van der Waals surface area contributed by atoms with Gasteiger partial charge in [-0.05, 0) is 28.8 Å². The Morgan fingerprint density at radius 3 is 1.75 bits per heavy atom. The highest BCUT2D eigenvalue weighted by molar-refractivity contribution is 6.30. The molecule has 3 aromatic carbocycles. The lowest BCUT2D eigenvalue weighted by molar-refractivity contribution is 0.835. The molecule has 1 aliphatic carbocycles. The molecule has 0 N–H and O–H groups in total. The Bertz CT molecular complexity index is 881. The first-order chi connectivity index (χ1) is 11.8. The maximum Gasteiger partial charge on any atom is 0.0971 e. The fourth-order valence-corrected chi connectivity index (χ4v) is 4.03. The molecule has 0 aromatic heterocycles. The van der Waals surface area contributed by atoms with Gasteiger partial charge < -0.3 is 0 Å². The van der Waals surface area contributed by atoms with Gasteiger partial charge in [-0.1, -0.05) is 84.4 Å². The van der Waals surface area contributed by atoms with E-state index in [2.05, 4.69) is 30.3 Å². The lowest BCUT2D eigenvalue weighted by Crippen LogP contribution is -2.08. The van der Waals surface area contributed by atoms with Crippen LogP contribution in [0.5, 0.6) is 0 Å². The Kier molecular flexibility index (Phi) is 3.63. The van der Waals surface area contributed by atoms with E-state index >= 15 is 0 Å². The second kappa shape index (κ2) is 5.82. The SMILES string of the molecule is N#C[C@]1(c2ccccc2)[C@H](c2ccc(Cl)cc2)[C@@H]1c1ccccc1. The molecule has 0 amide bonds. The molecule has 0 radical (unpaired) electrons. The zero-order chi connectivity index (χ0) is 16.6. The van der Waals surface area contributed by atoms with Crippen molar-refractivity contribution < 1.29 is 0 Å². The summed E-state index contributed by atoms with van der Waals surface area (Å²) in [5.74, 6) is 0.303. The minimum atomic E-state index is -0.517. The summed E-state index contributed by atoms with van der Waals surface area (Å²) in [6, 6.07) is 31.0. The second-order valence-corrected chi connectivity index (χ2v) is 6.70. The minimum Gasteiger partial charge on any atom is -0.197 e. The molecule has 0 unspecified atom stereocenters. The first kappa shape index (κ1) is 15.0. The highest BCUT2D eigenvalue weighted by Gasteiger charge is 2.67. The van der Waals surface area contributed by atoms with E-state index in [1.165, 1.54) is 11.1 Å². The predicted octanol–water partition coefficient (Wildman–Crippen LogP) is 5.68. The number of benzene rings is 3. The molecule has 1 saturated carbocycles. The number of hydrogen-bond donors (Lipinski definition) is 0. The summed E-state index contributed by atoms with van der Waals surface area (Å²) in [6.07, 6.45) is 0. The fraction of sp³-hybridized carbons (Fsp3) is 0.136. The summed E-state index contributed by atoms with van der Waals surface area (Å²) >= 11 is 6.05. The van der Waals surface area contributed by atoms with Gasteiger partial charge in [-0.25, -0.2) is 0 Å². The largest absolute Gasteiger partial charge is 0.197 e. The van der Waals surface area contributed by atoms with Gasteiger partial charge >= 0.3 is 0 Å². The van der Waals surface area contributed by atoms with E-state index in [1.54, 1.807) is 0 Å². The van der Waals surface area contributed by atoms with Crippen LogP contribution in [0.15, 0.2) is 84.9 Å². The fourth-order valence-electron chi connectivity index (χ4n) is 3.91. The Labute approximate surface area is 147 Å². The van der Waals surface area contributed by atoms with E-state index in [0.717, 1.165) is 10.6 Å². The van der Waals surface area contributed by atoms with Gasteiger partial charge in [0.15, 0.2) is 0 Å². The summed E-state index contributed by atoms with van der Waals surface area (Å²) in [5, 5.41) is 10.9. The molecule has 0 heterocycles. The molecule has 1 nitrogen and oxygen atoms in total. The van der Waals surface area contributed by atoms with Crippen molar-refractivity contribution in [3.63, 3.8) is 0 Å². The van der Waals surface area contributed by atoms with E-state index in [9.17, 15) is 5.26 Å². The summed E-state index contributed by atoms with van der Waals surface area (Å²) in [6.45, 7) is 0. The molecule has 0 aliphatic heterocycles. The number of nitriles is 1. The lowest BCUT2D eigenvalue weighted by Gasteiger charge is -2.10. The van der Waals surface area contributed by atoms with Crippen LogP contribution < -0.4 is 0 Å². The number of hydrogen-bond acceptors (Lipinski definition) is 1. The van der Waals surface area contributed by atoms with Crippen LogP contribution in [-0.2, 0) is 5.41 Å². The maximum atomic E-state index is 10.2. The summed E-state index contributed by atoms with van der Waals surface area (Å²) in [5.41, 5.74) is 2.94. The van der Waals surface area contributed by atoms with Crippen LogP contribution >= 0.6 is 11.6 Å². The third kappa shape index (κ3) is 2.23. The Morgan fingerprint density at radius 2 is 1.21 bits per heavy atom. The molecule has 0 saturated heterocycles. The van der Waals surface area contributed by atoms with E-state index < -0.39 is 5.41 Å². The van der Waals surface area contributed by atoms with Crippen molar-refractivity contribution in [3.8, 4) is 6.07 Å². The molecule has 0 bridgehead atoms. The number of halogens is 1. The average Bonchev–Trinajstić information content (AvgIpc) is 3.34. The molecule has 116 valence electrons. The Hall–Kier alpha value is -2.56. The van der Waals surface area contributed by atoms with Gasteiger partial charge in [-0.3, -0.25) is 0 Å². The molecule has 1 aliphatic rings. The van der Waals surface area contributed by atoms with Crippen molar-refractivity contribution >= 4 is 11.6 Å². The van der Waals surface area contributed by atoms with Crippen molar-refractivity contribution in [2.45, 2.75) is 17.3 Å². The Balaban J connectivity index is 1.86. The molecule has 2 heteroatoms. The second-order valence-electron chi connectivity index (χ2n) is 6.26. The normalized spacial score (nSPS) is 25.0. The summed E-state index contributed by atoms with van der Waals surface area (Å²) in [4.78, 5) is 0. The highest BCUT2D eigenvalue weighted by atomic mass is 35.5. The van der Waals surface area contributed by atoms with Gasteiger partial charge in [0.2, 0.25) is 0 Å². The first-order valence-electron chi connectivity index (χ1n) is 8.04. The number of rotatable bonds is 3. The molecule has 0 spiro atoms. The molecule has 4 rings (SSSR count). The first-order valence-corrected chi connectivity index (χ1v) is 8.42. The molecular formula is C22H16ClN. The summed E-state index contributed by atoms with van der Waals surface area (Å²) < 4.78 is 0. The highest BCUT2D eigenvalue weighted by Crippen LogP contribution is 2.70. The average molecular weight is 330 g/mol. The van der Waals surface area contributed by atoms with Gasteiger partial charge in [0.05, 0.1) is 11.5 Å². The van der Waals surface area contributed by atoms with Crippen molar-refractivity contribution in [2.75, 3.05) is 0 Å². The molecule has 3 aromatic rings. The lowest BCUT2D eigenvalue weighted by atomic mass is 9.90. The van der Waals surface area contributed by atoms with E-state index in [0.29, 0.717) is 0 Å². The topological polar surface area (TPSA) is 23.8 Å². The quantitative estimate of drug-likeness (QED) is 0.606.